The molecule has 0 aliphatic carbocycles. The predicted molar refractivity (Wildman–Crippen MR) is 66.4 cm³/mol. The van der Waals surface area contributed by atoms with E-state index in [1.807, 2.05) is 19.2 Å². The molecule has 0 aromatic heterocycles. The van der Waals surface area contributed by atoms with E-state index in [9.17, 15) is 0 Å². The first-order valence-electron chi connectivity index (χ1n) is 5.34. The molecule has 2 heteroatoms. The average molecular weight is 204 g/mol. The second-order valence-electron chi connectivity index (χ2n) is 4.37. The summed E-state index contributed by atoms with van der Waals surface area (Å²) < 4.78 is 0. The van der Waals surface area contributed by atoms with Gasteiger partial charge in [-0.05, 0) is 18.9 Å². The highest BCUT2D eigenvalue weighted by Gasteiger charge is 2.24. The van der Waals surface area contributed by atoms with E-state index in [0.717, 1.165) is 5.70 Å². The van der Waals surface area contributed by atoms with Gasteiger partial charge in [0.1, 0.15) is 0 Å². The van der Waals surface area contributed by atoms with Crippen LogP contribution in [0.1, 0.15) is 27.7 Å². The smallest absolute Gasteiger partial charge is 0.0599 e. The highest BCUT2D eigenvalue weighted by Crippen LogP contribution is 2.33. The van der Waals surface area contributed by atoms with Crippen LogP contribution in [0.3, 0.4) is 0 Å². The zero-order valence-corrected chi connectivity index (χ0v) is 10.1. The van der Waals surface area contributed by atoms with E-state index in [0.29, 0.717) is 5.92 Å². The normalized spacial score (nSPS) is 28.6. The zero-order chi connectivity index (χ0) is 11.5. The topological polar surface area (TPSA) is 15.6 Å². The summed E-state index contributed by atoms with van der Waals surface area (Å²) in [5, 5.41) is 5.76. The fourth-order valence-corrected chi connectivity index (χ4v) is 1.46. The van der Waals surface area contributed by atoms with E-state index in [2.05, 4.69) is 50.8 Å². The molecule has 1 unspecified atom stereocenters. The Kier molecular flexibility index (Phi) is 3.51. The van der Waals surface area contributed by atoms with Crippen molar-refractivity contribution in [1.29, 1.82) is 0 Å². The van der Waals surface area contributed by atoms with E-state index in [4.69, 9.17) is 0 Å². The third-order valence-corrected chi connectivity index (χ3v) is 3.14. The van der Waals surface area contributed by atoms with Crippen LogP contribution in [0.2, 0.25) is 0 Å². The fraction of sp³-hybridized carbons (Fsp3) is 0.462. The Morgan fingerprint density at radius 2 is 2.13 bits per heavy atom. The molecular formula is C13H20N2. The molecule has 0 bridgehead atoms. The van der Waals surface area contributed by atoms with Crippen molar-refractivity contribution in [2.24, 2.45) is 16.4 Å². The fourth-order valence-electron chi connectivity index (χ4n) is 1.46. The third kappa shape index (κ3) is 2.38. The summed E-state index contributed by atoms with van der Waals surface area (Å²) in [6.45, 7) is 12.2. The van der Waals surface area contributed by atoms with Crippen LogP contribution in [0.5, 0.6) is 0 Å². The van der Waals surface area contributed by atoms with Gasteiger partial charge in [-0.15, -0.1) is 0 Å². The molecule has 0 aromatic carbocycles. The van der Waals surface area contributed by atoms with E-state index in [1.54, 1.807) is 5.01 Å². The first kappa shape index (κ1) is 11.8. The van der Waals surface area contributed by atoms with Crippen molar-refractivity contribution in [1.82, 2.24) is 5.01 Å². The van der Waals surface area contributed by atoms with Gasteiger partial charge in [-0.1, -0.05) is 39.0 Å². The van der Waals surface area contributed by atoms with Gasteiger partial charge < -0.3 is 0 Å². The molecule has 1 heterocycles. The number of hydrazone groups is 1. The van der Waals surface area contributed by atoms with E-state index >= 15 is 0 Å². The highest BCUT2D eigenvalue weighted by atomic mass is 15.4. The standard InChI is InChI=1S/C13H20N2/c1-6-12-7-8-13(4,11(2)3)9-10-15(12)14-5/h6-11H,5H2,1-4H3/b12-6-. The van der Waals surface area contributed by atoms with Gasteiger partial charge in [0.15, 0.2) is 0 Å². The van der Waals surface area contributed by atoms with E-state index in [-0.39, 0.29) is 5.41 Å². The molecule has 1 atom stereocenters. The summed E-state index contributed by atoms with van der Waals surface area (Å²) in [5.41, 5.74) is 1.15. The van der Waals surface area contributed by atoms with Crippen LogP contribution >= 0.6 is 0 Å². The number of rotatable bonds is 2. The van der Waals surface area contributed by atoms with Crippen LogP contribution in [0.4, 0.5) is 0 Å². The summed E-state index contributed by atoms with van der Waals surface area (Å²) in [6, 6.07) is 0. The molecule has 0 saturated carbocycles. The minimum absolute atomic E-state index is 0.0910. The first-order chi connectivity index (χ1) is 7.03. The summed E-state index contributed by atoms with van der Waals surface area (Å²) >= 11 is 0. The van der Waals surface area contributed by atoms with Gasteiger partial charge in [0.2, 0.25) is 0 Å². The molecule has 0 amide bonds. The quantitative estimate of drug-likeness (QED) is 0.628. The second-order valence-corrected chi connectivity index (χ2v) is 4.37. The van der Waals surface area contributed by atoms with Gasteiger partial charge in [-0.3, -0.25) is 0 Å². The van der Waals surface area contributed by atoms with Crippen molar-refractivity contribution in [3.8, 4) is 0 Å². The molecule has 15 heavy (non-hydrogen) atoms. The lowest BCUT2D eigenvalue weighted by Crippen LogP contribution is -2.17. The number of allylic oxidation sites excluding steroid dienone is 4. The molecule has 0 radical (unpaired) electrons. The van der Waals surface area contributed by atoms with Gasteiger partial charge in [0, 0.05) is 18.3 Å². The Bertz CT molecular complexity index is 323. The zero-order valence-electron chi connectivity index (χ0n) is 10.1. The first-order valence-corrected chi connectivity index (χ1v) is 5.34. The number of hydrogen-bond acceptors (Lipinski definition) is 2. The lowest BCUT2D eigenvalue weighted by molar-refractivity contribution is 0.380. The Hall–Kier alpha value is -1.31. The van der Waals surface area contributed by atoms with Crippen LogP contribution in [-0.2, 0) is 0 Å². The molecule has 1 rings (SSSR count). The van der Waals surface area contributed by atoms with Crippen molar-refractivity contribution < 1.29 is 0 Å². The second kappa shape index (κ2) is 4.47. The minimum atomic E-state index is 0.0910. The molecule has 2 nitrogen and oxygen atoms in total. The highest BCUT2D eigenvalue weighted by molar-refractivity contribution is 5.30. The van der Waals surface area contributed by atoms with Crippen molar-refractivity contribution in [3.63, 3.8) is 0 Å². The Morgan fingerprint density at radius 3 is 2.60 bits per heavy atom. The largest absolute Gasteiger partial charge is 0.242 e. The maximum atomic E-state index is 3.96. The van der Waals surface area contributed by atoms with Gasteiger partial charge in [0.25, 0.3) is 0 Å². The third-order valence-electron chi connectivity index (χ3n) is 3.14. The Labute approximate surface area is 92.7 Å². The summed E-state index contributed by atoms with van der Waals surface area (Å²) in [7, 11) is 0. The molecule has 0 fully saturated rings. The van der Waals surface area contributed by atoms with Crippen molar-refractivity contribution in [3.05, 3.63) is 36.2 Å². The molecule has 0 spiro atoms. The van der Waals surface area contributed by atoms with Crippen LogP contribution in [0.15, 0.2) is 41.3 Å². The summed E-state index contributed by atoms with van der Waals surface area (Å²) in [5.74, 6) is 0.563. The van der Waals surface area contributed by atoms with Gasteiger partial charge >= 0.3 is 0 Å². The monoisotopic (exact) mass is 204 g/mol. The van der Waals surface area contributed by atoms with Crippen molar-refractivity contribution in [2.45, 2.75) is 27.7 Å². The number of nitrogens with zero attached hydrogens (tertiary/aromatic N) is 2. The lowest BCUT2D eigenvalue weighted by atomic mass is 9.79. The van der Waals surface area contributed by atoms with Crippen molar-refractivity contribution >= 4 is 6.72 Å². The molecule has 1 aliphatic rings. The Balaban J connectivity index is 3.10. The van der Waals surface area contributed by atoms with E-state index < -0.39 is 0 Å². The van der Waals surface area contributed by atoms with Gasteiger partial charge in [0.05, 0.1) is 5.70 Å². The van der Waals surface area contributed by atoms with Crippen LogP contribution in [-0.4, -0.2) is 11.7 Å². The van der Waals surface area contributed by atoms with Gasteiger partial charge in [-0.2, -0.15) is 5.10 Å². The van der Waals surface area contributed by atoms with Crippen LogP contribution in [0.25, 0.3) is 0 Å². The SMILES string of the molecule is C=NN1C=CC(C)(C(C)C)C=C/C1=C/C. The summed E-state index contributed by atoms with van der Waals surface area (Å²) in [6.07, 6.45) is 10.5. The summed E-state index contributed by atoms with van der Waals surface area (Å²) in [4.78, 5) is 0. The lowest BCUT2D eigenvalue weighted by Gasteiger charge is -2.25. The van der Waals surface area contributed by atoms with E-state index in [1.165, 1.54) is 0 Å². The minimum Gasteiger partial charge on any atom is -0.242 e. The molecule has 0 N–H and O–H groups in total. The predicted octanol–water partition coefficient (Wildman–Crippen LogP) is 3.55. The molecule has 1 aliphatic heterocycles. The maximum Gasteiger partial charge on any atom is 0.0599 e. The van der Waals surface area contributed by atoms with Crippen LogP contribution in [0, 0.1) is 11.3 Å². The Morgan fingerprint density at radius 1 is 1.47 bits per heavy atom. The van der Waals surface area contributed by atoms with Gasteiger partial charge in [-0.25, -0.2) is 5.01 Å². The molecule has 0 aromatic rings. The molecule has 0 saturated heterocycles. The average Bonchev–Trinajstić information content (AvgIpc) is 2.38. The number of hydrogen-bond donors (Lipinski definition) is 0. The maximum absolute atomic E-state index is 3.96. The molecule has 82 valence electrons. The molecular weight excluding hydrogens is 184 g/mol. The van der Waals surface area contributed by atoms with Crippen molar-refractivity contribution in [2.75, 3.05) is 0 Å². The van der Waals surface area contributed by atoms with Crippen LogP contribution < -0.4 is 0 Å².